The summed E-state index contributed by atoms with van der Waals surface area (Å²) in [5.74, 6) is 1.94. The fourth-order valence-corrected chi connectivity index (χ4v) is 7.18. The number of carbonyl (C=O) groups excluding carboxylic acids is 1. The number of aldehydes is 1. The van der Waals surface area contributed by atoms with Crippen molar-refractivity contribution in [3.63, 3.8) is 0 Å². The van der Waals surface area contributed by atoms with Crippen LogP contribution in [0, 0.1) is 5.41 Å². The van der Waals surface area contributed by atoms with Crippen LogP contribution in [-0.2, 0) is 4.79 Å². The van der Waals surface area contributed by atoms with Crippen molar-refractivity contribution in [2.75, 3.05) is 36.9 Å². The van der Waals surface area contributed by atoms with Crippen LogP contribution in [-0.4, -0.2) is 53.7 Å². The Morgan fingerprint density at radius 3 is 2.55 bits per heavy atom. The van der Waals surface area contributed by atoms with Crippen molar-refractivity contribution in [2.24, 2.45) is 10.4 Å². The Balaban J connectivity index is 1.24. The molecule has 1 aromatic heterocycles. The number of likely N-dealkylation sites (tertiary alicyclic amines) is 1. The summed E-state index contributed by atoms with van der Waals surface area (Å²) in [4.78, 5) is 31.5. The van der Waals surface area contributed by atoms with Gasteiger partial charge in [-0.15, -0.1) is 0 Å². The minimum atomic E-state index is 0.429. The first kappa shape index (κ1) is 28.7. The number of allylic oxidation sites excluding steroid dienone is 2. The molecule has 1 spiro atoms. The smallest absolute Gasteiger partial charge is 0.153 e. The zero-order valence-corrected chi connectivity index (χ0v) is 25.2. The van der Waals surface area contributed by atoms with Crippen LogP contribution in [0.1, 0.15) is 64.7 Å². The highest BCUT2D eigenvalue weighted by atomic mass is 35.5. The topological polar surface area (TPSA) is 73.7 Å². The summed E-state index contributed by atoms with van der Waals surface area (Å²) in [6.45, 7) is 9.06. The minimum absolute atomic E-state index is 0.429. The number of benzene rings is 1. The average Bonchev–Trinajstić information content (AvgIpc) is 3.41. The second-order valence-electron chi connectivity index (χ2n) is 11.3. The maximum absolute atomic E-state index is 12.0. The van der Waals surface area contributed by atoms with Gasteiger partial charge in [-0.3, -0.25) is 4.79 Å². The molecule has 3 heterocycles. The maximum Gasteiger partial charge on any atom is 0.153 e. The molecule has 1 saturated carbocycles. The van der Waals surface area contributed by atoms with Gasteiger partial charge in [0.25, 0.3) is 0 Å². The van der Waals surface area contributed by atoms with E-state index in [0.29, 0.717) is 33.1 Å². The van der Waals surface area contributed by atoms with Gasteiger partial charge in [0.1, 0.15) is 16.7 Å². The first-order valence-corrected chi connectivity index (χ1v) is 15.5. The van der Waals surface area contributed by atoms with E-state index in [4.69, 9.17) is 21.6 Å². The molecule has 3 aliphatic rings. The number of piperidine rings is 2. The first-order chi connectivity index (χ1) is 19.4. The Kier molecular flexibility index (Phi) is 9.16. The van der Waals surface area contributed by atoms with Crippen LogP contribution in [0.25, 0.3) is 0 Å². The van der Waals surface area contributed by atoms with E-state index in [0.717, 1.165) is 66.8 Å². The molecule has 7 nitrogen and oxygen atoms in total. The molecule has 0 amide bonds. The Morgan fingerprint density at radius 2 is 1.88 bits per heavy atom. The van der Waals surface area contributed by atoms with Gasteiger partial charge in [-0.2, -0.15) is 0 Å². The molecule has 5 rings (SSSR count). The summed E-state index contributed by atoms with van der Waals surface area (Å²) in [6, 6.07) is 5.75. The summed E-state index contributed by atoms with van der Waals surface area (Å²) >= 11 is 8.27. The largest absolute Gasteiger partial charge is 0.363 e. The third kappa shape index (κ3) is 6.55. The number of amidine groups is 1. The third-order valence-electron chi connectivity index (χ3n) is 8.60. The summed E-state index contributed by atoms with van der Waals surface area (Å²) in [5.41, 5.74) is 2.79. The standard InChI is InChI=1S/C31H39ClN6OS/c1-22(24(21-39)23(2)36-27-11-4-7-16-37(27)3)35-25-9-8-10-26(30(25)32)40-29-20-33-28(19-34-29)38-17-14-31(15-18-38)12-5-6-13-31/h8-10,19-21,35H,1,4-7,11-18H2,2-3H3/b24-23+,36-27?. The van der Waals surface area contributed by atoms with Gasteiger partial charge in [-0.1, -0.05) is 48.8 Å². The van der Waals surface area contributed by atoms with E-state index in [1.54, 1.807) is 0 Å². The lowest BCUT2D eigenvalue weighted by Gasteiger charge is -2.39. The van der Waals surface area contributed by atoms with Crippen LogP contribution in [0.2, 0.25) is 5.02 Å². The molecule has 2 aliphatic heterocycles. The first-order valence-electron chi connectivity index (χ1n) is 14.3. The molecule has 2 aromatic rings. The van der Waals surface area contributed by atoms with Crippen molar-refractivity contribution in [3.8, 4) is 0 Å². The number of anilines is 2. The predicted octanol–water partition coefficient (Wildman–Crippen LogP) is 7.35. The second-order valence-corrected chi connectivity index (χ2v) is 12.7. The number of hydrogen-bond acceptors (Lipinski definition) is 7. The Morgan fingerprint density at radius 1 is 1.10 bits per heavy atom. The number of carbonyl (C=O) groups is 1. The van der Waals surface area contributed by atoms with Gasteiger partial charge < -0.3 is 15.1 Å². The van der Waals surface area contributed by atoms with E-state index in [9.17, 15) is 4.79 Å². The molecule has 0 atom stereocenters. The number of rotatable bonds is 8. The van der Waals surface area contributed by atoms with E-state index in [1.807, 2.05) is 44.6 Å². The zero-order valence-electron chi connectivity index (χ0n) is 23.6. The second kappa shape index (κ2) is 12.8. The third-order valence-corrected chi connectivity index (χ3v) is 10.1. The lowest BCUT2D eigenvalue weighted by molar-refractivity contribution is -0.104. The maximum atomic E-state index is 12.0. The van der Waals surface area contributed by atoms with E-state index in [2.05, 4.69) is 26.7 Å². The quantitative estimate of drug-likeness (QED) is 0.199. The van der Waals surface area contributed by atoms with E-state index in [-0.39, 0.29) is 0 Å². The number of halogens is 1. The fourth-order valence-electron chi connectivity index (χ4n) is 6.11. The van der Waals surface area contributed by atoms with Crippen LogP contribution in [0.15, 0.2) is 69.1 Å². The SMILES string of the molecule is C=C(Nc1cccc(Sc2cnc(N3CCC4(CCCC4)CC3)cn2)c1Cl)/C(C=O)=C(\C)N=C1CCCCN1C. The molecule has 0 radical (unpaired) electrons. The summed E-state index contributed by atoms with van der Waals surface area (Å²) in [6.07, 6.45) is 15.8. The fraction of sp³-hybridized carbons (Fsp3) is 0.484. The Bertz CT molecular complexity index is 1290. The average molecular weight is 579 g/mol. The number of aliphatic imine (C=N–C) groups is 1. The molecule has 0 unspecified atom stereocenters. The highest BCUT2D eigenvalue weighted by Gasteiger charge is 2.37. The monoisotopic (exact) mass is 578 g/mol. The predicted molar refractivity (Wildman–Crippen MR) is 165 cm³/mol. The normalized spacial score (nSPS) is 20.5. The number of nitrogens with one attached hydrogen (secondary N) is 1. The van der Waals surface area contributed by atoms with Gasteiger partial charge in [-0.25, -0.2) is 15.0 Å². The van der Waals surface area contributed by atoms with E-state index >= 15 is 0 Å². The number of nitrogens with zero attached hydrogens (tertiary/aromatic N) is 5. The van der Waals surface area contributed by atoms with Gasteiger partial charge in [0, 0.05) is 43.7 Å². The molecule has 1 aliphatic carbocycles. The highest BCUT2D eigenvalue weighted by molar-refractivity contribution is 7.99. The van der Waals surface area contributed by atoms with Gasteiger partial charge in [-0.05, 0) is 63.0 Å². The molecule has 9 heteroatoms. The van der Waals surface area contributed by atoms with Crippen molar-refractivity contribution in [2.45, 2.75) is 74.6 Å². The van der Waals surface area contributed by atoms with Gasteiger partial charge in [0.2, 0.25) is 0 Å². The lowest BCUT2D eigenvalue weighted by Crippen LogP contribution is -2.39. The Hall–Kier alpha value is -2.84. The van der Waals surface area contributed by atoms with Crippen molar-refractivity contribution in [3.05, 3.63) is 59.2 Å². The summed E-state index contributed by atoms with van der Waals surface area (Å²) in [5, 5.41) is 4.56. The number of aromatic nitrogens is 2. The summed E-state index contributed by atoms with van der Waals surface area (Å²) in [7, 11) is 2.04. The van der Waals surface area contributed by atoms with Gasteiger partial charge in [0.15, 0.2) is 6.29 Å². The summed E-state index contributed by atoms with van der Waals surface area (Å²) < 4.78 is 0. The molecule has 3 fully saturated rings. The van der Waals surface area contributed by atoms with Crippen LogP contribution in [0.5, 0.6) is 0 Å². The minimum Gasteiger partial charge on any atom is -0.363 e. The van der Waals surface area contributed by atoms with Gasteiger partial charge in [0.05, 0.1) is 34.4 Å². The lowest BCUT2D eigenvalue weighted by atomic mass is 9.77. The molecular weight excluding hydrogens is 540 g/mol. The molecule has 0 bridgehead atoms. The molecule has 1 aromatic carbocycles. The highest BCUT2D eigenvalue weighted by Crippen LogP contribution is 2.46. The van der Waals surface area contributed by atoms with Gasteiger partial charge >= 0.3 is 0 Å². The molecule has 2 saturated heterocycles. The Labute approximate surface area is 247 Å². The number of hydrogen-bond donors (Lipinski definition) is 1. The van der Waals surface area contributed by atoms with E-state index < -0.39 is 0 Å². The van der Waals surface area contributed by atoms with Crippen molar-refractivity contribution in [1.82, 2.24) is 14.9 Å². The molecule has 40 heavy (non-hydrogen) atoms. The van der Waals surface area contributed by atoms with Crippen LogP contribution in [0.3, 0.4) is 0 Å². The van der Waals surface area contributed by atoms with Crippen LogP contribution < -0.4 is 10.2 Å². The molecule has 1 N–H and O–H groups in total. The van der Waals surface area contributed by atoms with E-state index in [1.165, 1.54) is 50.3 Å². The molecule has 212 valence electrons. The molecular formula is C31H39ClN6OS. The van der Waals surface area contributed by atoms with Crippen LogP contribution in [0.4, 0.5) is 11.5 Å². The van der Waals surface area contributed by atoms with Crippen molar-refractivity contribution < 1.29 is 4.79 Å². The van der Waals surface area contributed by atoms with Crippen LogP contribution >= 0.6 is 23.4 Å². The van der Waals surface area contributed by atoms with Crippen molar-refractivity contribution in [1.29, 1.82) is 0 Å². The zero-order chi connectivity index (χ0) is 28.1. The van der Waals surface area contributed by atoms with Crippen molar-refractivity contribution >= 4 is 47.0 Å².